The van der Waals surface area contributed by atoms with Crippen molar-refractivity contribution >= 4 is 23.6 Å². The molecule has 0 spiro atoms. The Hall–Kier alpha value is -3.08. The summed E-state index contributed by atoms with van der Waals surface area (Å²) in [5, 5.41) is 2.58. The summed E-state index contributed by atoms with van der Waals surface area (Å²) in [4.78, 5) is 26.5. The Kier molecular flexibility index (Phi) is 5.04. The highest BCUT2D eigenvalue weighted by Gasteiger charge is 2.32. The number of hydrogen-bond acceptors (Lipinski definition) is 3. The van der Waals surface area contributed by atoms with Gasteiger partial charge in [0.05, 0.1) is 5.69 Å². The van der Waals surface area contributed by atoms with Gasteiger partial charge in [-0.05, 0) is 34.8 Å². The molecule has 2 aromatic carbocycles. The van der Waals surface area contributed by atoms with Crippen LogP contribution in [0.1, 0.15) is 31.9 Å². The van der Waals surface area contributed by atoms with E-state index in [1.165, 1.54) is 4.90 Å². The molecule has 2 amide bonds. The van der Waals surface area contributed by atoms with Crippen LogP contribution in [0.25, 0.3) is 6.08 Å². The molecule has 0 aliphatic carbocycles. The van der Waals surface area contributed by atoms with Crippen LogP contribution in [0, 0.1) is 0 Å². The molecule has 0 bridgehead atoms. The molecule has 0 atom stereocenters. The summed E-state index contributed by atoms with van der Waals surface area (Å²) in [6.45, 7) is 6.24. The van der Waals surface area contributed by atoms with Gasteiger partial charge in [-0.1, -0.05) is 57.2 Å². The number of hydrogen-bond donors (Lipinski definition) is 1. The van der Waals surface area contributed by atoms with Crippen LogP contribution < -0.4 is 15.0 Å². The first kappa shape index (κ1) is 18.7. The number of carbonyl (C=O) groups is 2. The molecule has 3 rings (SSSR count). The number of nitrogens with zero attached hydrogens (tertiary/aromatic N) is 1. The number of carbonyl (C=O) groups excluding carboxylic acids is 2. The number of anilines is 1. The van der Waals surface area contributed by atoms with Crippen molar-refractivity contribution in [3.63, 3.8) is 0 Å². The summed E-state index contributed by atoms with van der Waals surface area (Å²) in [5.74, 6) is 0.187. The molecule has 5 nitrogen and oxygen atoms in total. The summed E-state index contributed by atoms with van der Waals surface area (Å²) in [7, 11) is 1.56. The number of ether oxygens (including phenoxy) is 1. The van der Waals surface area contributed by atoms with E-state index in [-0.39, 0.29) is 29.5 Å². The molecule has 1 aliphatic heterocycles. The molecule has 0 saturated carbocycles. The average Bonchev–Trinajstić information content (AvgIpc) is 2.64. The Labute approximate surface area is 159 Å². The molecule has 1 N–H and O–H groups in total. The summed E-state index contributed by atoms with van der Waals surface area (Å²) < 4.78 is 5.90. The van der Waals surface area contributed by atoms with Crippen molar-refractivity contribution in [1.29, 1.82) is 0 Å². The standard InChI is InChI=1S/C22H24N2O3/c1-22(2,3)16-10-11-18-17(13-16)24(14-20(25)23-4)21(26)19(27-18)12-15-8-6-5-7-9-15/h5-13H,14H2,1-4H3,(H,23,25). The molecule has 0 radical (unpaired) electrons. The Morgan fingerprint density at radius 2 is 1.85 bits per heavy atom. The lowest BCUT2D eigenvalue weighted by Gasteiger charge is -2.31. The molecule has 0 saturated heterocycles. The first-order valence-corrected chi connectivity index (χ1v) is 8.91. The zero-order valence-corrected chi connectivity index (χ0v) is 16.1. The fourth-order valence-electron chi connectivity index (χ4n) is 2.86. The number of benzene rings is 2. The lowest BCUT2D eigenvalue weighted by molar-refractivity contribution is -0.123. The molecule has 0 aromatic heterocycles. The number of nitrogens with one attached hydrogen (secondary N) is 1. The Morgan fingerprint density at radius 3 is 2.48 bits per heavy atom. The quantitative estimate of drug-likeness (QED) is 0.848. The summed E-state index contributed by atoms with van der Waals surface area (Å²) in [5.41, 5.74) is 2.45. The van der Waals surface area contributed by atoms with E-state index in [0.29, 0.717) is 11.4 Å². The SMILES string of the molecule is CNC(=O)CN1C(=O)C(=Cc2ccccc2)Oc2ccc(C(C)(C)C)cc21. The molecule has 1 aliphatic rings. The molecule has 1 heterocycles. The van der Waals surface area contributed by atoms with Gasteiger partial charge in [-0.3, -0.25) is 14.5 Å². The second-order valence-corrected chi connectivity index (χ2v) is 7.52. The minimum Gasteiger partial charge on any atom is -0.449 e. The third-order valence-electron chi connectivity index (χ3n) is 4.47. The van der Waals surface area contributed by atoms with E-state index in [1.807, 2.05) is 48.5 Å². The van der Waals surface area contributed by atoms with Gasteiger partial charge in [-0.2, -0.15) is 0 Å². The minimum absolute atomic E-state index is 0.0641. The summed E-state index contributed by atoms with van der Waals surface area (Å²) in [6.07, 6.45) is 1.69. The highest BCUT2D eigenvalue weighted by molar-refractivity contribution is 6.12. The number of rotatable bonds is 3. The zero-order chi connectivity index (χ0) is 19.6. The smallest absolute Gasteiger partial charge is 0.294 e. The van der Waals surface area contributed by atoms with Crippen molar-refractivity contribution in [1.82, 2.24) is 5.32 Å². The van der Waals surface area contributed by atoms with Crippen molar-refractivity contribution < 1.29 is 14.3 Å². The maximum absolute atomic E-state index is 13.1. The highest BCUT2D eigenvalue weighted by atomic mass is 16.5. The fourth-order valence-corrected chi connectivity index (χ4v) is 2.86. The van der Waals surface area contributed by atoms with E-state index in [4.69, 9.17) is 4.74 Å². The van der Waals surface area contributed by atoms with Crippen LogP contribution in [0.5, 0.6) is 5.75 Å². The van der Waals surface area contributed by atoms with Crippen molar-refractivity contribution in [3.05, 3.63) is 65.4 Å². The van der Waals surface area contributed by atoms with Gasteiger partial charge in [-0.25, -0.2) is 0 Å². The molecule has 5 heteroatoms. The first-order chi connectivity index (χ1) is 12.8. The van der Waals surface area contributed by atoms with Crippen LogP contribution in [-0.2, 0) is 15.0 Å². The van der Waals surface area contributed by atoms with Crippen LogP contribution in [-0.4, -0.2) is 25.4 Å². The molecular formula is C22H24N2O3. The van der Waals surface area contributed by atoms with E-state index in [9.17, 15) is 9.59 Å². The largest absolute Gasteiger partial charge is 0.449 e. The molecule has 0 unspecified atom stereocenters. The third kappa shape index (κ3) is 4.03. The maximum atomic E-state index is 13.1. The van der Waals surface area contributed by atoms with Crippen LogP contribution in [0.2, 0.25) is 0 Å². The molecule has 0 fully saturated rings. The van der Waals surface area contributed by atoms with Gasteiger partial charge in [0.1, 0.15) is 6.54 Å². The lowest BCUT2D eigenvalue weighted by Crippen LogP contribution is -2.43. The Balaban J connectivity index is 2.07. The molecule has 27 heavy (non-hydrogen) atoms. The molecule has 140 valence electrons. The summed E-state index contributed by atoms with van der Waals surface area (Å²) >= 11 is 0. The number of amides is 2. The van der Waals surface area contributed by atoms with E-state index >= 15 is 0 Å². The van der Waals surface area contributed by atoms with Crippen molar-refractivity contribution in [3.8, 4) is 5.75 Å². The number of likely N-dealkylation sites (N-methyl/N-ethyl adjacent to an activating group) is 1. The van der Waals surface area contributed by atoms with Gasteiger partial charge in [0.25, 0.3) is 5.91 Å². The van der Waals surface area contributed by atoms with Crippen LogP contribution >= 0.6 is 0 Å². The average molecular weight is 364 g/mol. The van der Waals surface area contributed by atoms with Crippen molar-refractivity contribution in [2.45, 2.75) is 26.2 Å². The Morgan fingerprint density at radius 1 is 1.15 bits per heavy atom. The van der Waals surface area contributed by atoms with Gasteiger partial charge in [0.15, 0.2) is 11.5 Å². The van der Waals surface area contributed by atoms with Gasteiger partial charge in [0.2, 0.25) is 5.91 Å². The van der Waals surface area contributed by atoms with E-state index in [2.05, 4.69) is 26.1 Å². The van der Waals surface area contributed by atoms with Gasteiger partial charge in [-0.15, -0.1) is 0 Å². The number of fused-ring (bicyclic) bond motifs is 1. The third-order valence-corrected chi connectivity index (χ3v) is 4.47. The van der Waals surface area contributed by atoms with Crippen molar-refractivity contribution in [2.75, 3.05) is 18.5 Å². The highest BCUT2D eigenvalue weighted by Crippen LogP contribution is 2.39. The minimum atomic E-state index is -0.332. The topological polar surface area (TPSA) is 58.6 Å². The van der Waals surface area contributed by atoms with E-state index < -0.39 is 0 Å². The molecule has 2 aromatic rings. The summed E-state index contributed by atoms with van der Waals surface area (Å²) in [6, 6.07) is 15.3. The van der Waals surface area contributed by atoms with Crippen LogP contribution in [0.4, 0.5) is 5.69 Å². The van der Waals surface area contributed by atoms with Gasteiger partial charge >= 0.3 is 0 Å². The predicted octanol–water partition coefficient (Wildman–Crippen LogP) is 3.50. The Bertz CT molecular complexity index is 896. The molecular weight excluding hydrogens is 340 g/mol. The first-order valence-electron chi connectivity index (χ1n) is 8.91. The monoisotopic (exact) mass is 364 g/mol. The van der Waals surface area contributed by atoms with Crippen molar-refractivity contribution in [2.24, 2.45) is 0 Å². The second-order valence-electron chi connectivity index (χ2n) is 7.52. The zero-order valence-electron chi connectivity index (χ0n) is 16.1. The van der Waals surface area contributed by atoms with Crippen LogP contribution in [0.3, 0.4) is 0 Å². The van der Waals surface area contributed by atoms with E-state index in [1.54, 1.807) is 13.1 Å². The maximum Gasteiger partial charge on any atom is 0.294 e. The lowest BCUT2D eigenvalue weighted by atomic mass is 9.86. The second kappa shape index (κ2) is 7.27. The predicted molar refractivity (Wildman–Crippen MR) is 107 cm³/mol. The van der Waals surface area contributed by atoms with Crippen LogP contribution in [0.15, 0.2) is 54.3 Å². The fraction of sp³-hybridized carbons (Fsp3) is 0.273. The van der Waals surface area contributed by atoms with E-state index in [0.717, 1.165) is 11.1 Å². The normalized spacial score (nSPS) is 15.3. The van der Waals surface area contributed by atoms with Gasteiger partial charge in [0, 0.05) is 7.05 Å². The van der Waals surface area contributed by atoms with Gasteiger partial charge < -0.3 is 10.1 Å².